The Balaban J connectivity index is 2.25. The molecule has 2 N–H and O–H groups in total. The molecule has 1 heterocycles. The van der Waals surface area contributed by atoms with E-state index in [0.29, 0.717) is 13.0 Å². The molecule has 0 radical (unpaired) electrons. The van der Waals surface area contributed by atoms with Gasteiger partial charge in [-0.05, 0) is 31.0 Å². The average molecular weight is 360 g/mol. The summed E-state index contributed by atoms with van der Waals surface area (Å²) in [4.78, 5) is 14.6. The number of aliphatic hydroxyl groups excluding tert-OH is 1. The molecule has 25 heavy (non-hydrogen) atoms. The van der Waals surface area contributed by atoms with Crippen molar-refractivity contribution in [1.82, 2.24) is 9.80 Å². The fourth-order valence-electron chi connectivity index (χ4n) is 3.43. The molecule has 1 aromatic carbocycles. The molecule has 0 spiro atoms. The SMILES string of the molecule is CCC(c1ccc(C(F)(F)F)cc1)N1C[C@H](C)N(C(=O)O)CC1CO. The molecular weight excluding hydrogens is 337 g/mol. The highest BCUT2D eigenvalue weighted by atomic mass is 19.4. The van der Waals surface area contributed by atoms with Crippen molar-refractivity contribution in [1.29, 1.82) is 0 Å². The zero-order valence-corrected chi connectivity index (χ0v) is 14.2. The molecule has 1 aliphatic heterocycles. The number of benzene rings is 1. The lowest BCUT2D eigenvalue weighted by Gasteiger charge is -2.47. The van der Waals surface area contributed by atoms with Gasteiger partial charge in [-0.25, -0.2) is 4.79 Å². The molecule has 1 fully saturated rings. The Kier molecular flexibility index (Phi) is 5.95. The Morgan fingerprint density at radius 2 is 1.88 bits per heavy atom. The Hall–Kier alpha value is -1.80. The summed E-state index contributed by atoms with van der Waals surface area (Å²) in [7, 11) is 0. The average Bonchev–Trinajstić information content (AvgIpc) is 2.55. The number of amides is 1. The van der Waals surface area contributed by atoms with E-state index in [1.807, 2.05) is 11.8 Å². The van der Waals surface area contributed by atoms with Crippen molar-refractivity contribution in [2.75, 3.05) is 19.7 Å². The van der Waals surface area contributed by atoms with Gasteiger partial charge in [-0.3, -0.25) is 4.90 Å². The van der Waals surface area contributed by atoms with Crippen LogP contribution in [-0.2, 0) is 6.18 Å². The van der Waals surface area contributed by atoms with Gasteiger partial charge in [-0.15, -0.1) is 0 Å². The molecule has 1 amide bonds. The van der Waals surface area contributed by atoms with Crippen LogP contribution in [0.2, 0.25) is 0 Å². The van der Waals surface area contributed by atoms with Crippen molar-refractivity contribution in [3.8, 4) is 0 Å². The highest BCUT2D eigenvalue weighted by Gasteiger charge is 2.37. The van der Waals surface area contributed by atoms with Gasteiger partial charge in [0, 0.05) is 25.2 Å². The molecule has 8 heteroatoms. The largest absolute Gasteiger partial charge is 0.465 e. The number of hydrogen-bond donors (Lipinski definition) is 2. The smallest absolute Gasteiger partial charge is 0.416 e. The van der Waals surface area contributed by atoms with Crippen LogP contribution in [0.4, 0.5) is 18.0 Å². The Bertz CT molecular complexity index is 592. The minimum Gasteiger partial charge on any atom is -0.465 e. The van der Waals surface area contributed by atoms with E-state index in [1.54, 1.807) is 6.92 Å². The second-order valence-corrected chi connectivity index (χ2v) is 6.36. The third-order valence-electron chi connectivity index (χ3n) is 4.75. The predicted octanol–water partition coefficient (Wildman–Crippen LogP) is 3.20. The molecule has 0 bridgehead atoms. The second kappa shape index (κ2) is 7.61. The van der Waals surface area contributed by atoms with Crippen LogP contribution in [0.15, 0.2) is 24.3 Å². The quantitative estimate of drug-likeness (QED) is 0.866. The van der Waals surface area contributed by atoms with Gasteiger partial charge in [0.25, 0.3) is 0 Å². The maximum absolute atomic E-state index is 12.7. The van der Waals surface area contributed by atoms with Crippen LogP contribution in [0.5, 0.6) is 0 Å². The molecule has 140 valence electrons. The number of rotatable bonds is 4. The lowest BCUT2D eigenvalue weighted by Crippen LogP contribution is -2.60. The number of hydrogen-bond acceptors (Lipinski definition) is 3. The van der Waals surface area contributed by atoms with Gasteiger partial charge in [0.1, 0.15) is 0 Å². The van der Waals surface area contributed by atoms with Gasteiger partial charge in [0.2, 0.25) is 0 Å². The predicted molar refractivity (Wildman–Crippen MR) is 86.2 cm³/mol. The van der Waals surface area contributed by atoms with Gasteiger partial charge in [-0.1, -0.05) is 19.1 Å². The van der Waals surface area contributed by atoms with E-state index in [4.69, 9.17) is 0 Å². The summed E-state index contributed by atoms with van der Waals surface area (Å²) in [6.45, 7) is 4.08. The number of alkyl halides is 3. The number of aliphatic hydroxyl groups is 1. The topological polar surface area (TPSA) is 64.0 Å². The standard InChI is InChI=1S/C17H23F3N2O3/c1-3-15(12-4-6-13(7-5-12)17(18,19)20)22-8-11(2)21(16(24)25)9-14(22)10-23/h4-7,11,14-15,23H,3,8-10H2,1-2H3,(H,24,25)/t11-,14?,15?/m0/s1. The van der Waals surface area contributed by atoms with Crippen LogP contribution in [0.25, 0.3) is 0 Å². The molecule has 1 aromatic rings. The number of carbonyl (C=O) groups is 1. The highest BCUT2D eigenvalue weighted by Crippen LogP contribution is 2.33. The molecule has 2 unspecified atom stereocenters. The maximum atomic E-state index is 12.7. The van der Waals surface area contributed by atoms with Crippen LogP contribution in [0.1, 0.15) is 37.4 Å². The van der Waals surface area contributed by atoms with E-state index in [1.165, 1.54) is 17.0 Å². The molecular formula is C17H23F3N2O3. The van der Waals surface area contributed by atoms with Crippen molar-refractivity contribution in [2.24, 2.45) is 0 Å². The molecule has 0 aliphatic carbocycles. The molecule has 5 nitrogen and oxygen atoms in total. The van der Waals surface area contributed by atoms with Gasteiger partial charge in [0.05, 0.1) is 18.2 Å². The molecule has 0 saturated carbocycles. The van der Waals surface area contributed by atoms with E-state index in [-0.39, 0.29) is 31.3 Å². The number of halogens is 3. The molecule has 3 atom stereocenters. The van der Waals surface area contributed by atoms with Crippen LogP contribution < -0.4 is 0 Å². The Labute approximate surface area is 144 Å². The first kappa shape index (κ1) is 19.5. The van der Waals surface area contributed by atoms with Crippen LogP contribution in [0, 0.1) is 0 Å². The molecule has 1 aliphatic rings. The third kappa shape index (κ3) is 4.24. The Morgan fingerprint density at radius 1 is 1.28 bits per heavy atom. The zero-order valence-electron chi connectivity index (χ0n) is 14.2. The number of carboxylic acid groups (broad SMARTS) is 1. The van der Waals surface area contributed by atoms with Crippen molar-refractivity contribution in [3.63, 3.8) is 0 Å². The summed E-state index contributed by atoms with van der Waals surface area (Å²) in [5, 5.41) is 18.9. The van der Waals surface area contributed by atoms with E-state index in [9.17, 15) is 28.2 Å². The van der Waals surface area contributed by atoms with Gasteiger partial charge < -0.3 is 15.1 Å². The summed E-state index contributed by atoms with van der Waals surface area (Å²) >= 11 is 0. The number of nitrogens with zero attached hydrogens (tertiary/aromatic N) is 2. The minimum atomic E-state index is -4.38. The van der Waals surface area contributed by atoms with E-state index in [0.717, 1.165) is 17.7 Å². The summed E-state index contributed by atoms with van der Waals surface area (Å²) in [5.74, 6) is 0. The Morgan fingerprint density at radius 3 is 2.32 bits per heavy atom. The maximum Gasteiger partial charge on any atom is 0.416 e. The van der Waals surface area contributed by atoms with Crippen LogP contribution in [0.3, 0.4) is 0 Å². The fourth-order valence-corrected chi connectivity index (χ4v) is 3.43. The fraction of sp³-hybridized carbons (Fsp3) is 0.588. The third-order valence-corrected chi connectivity index (χ3v) is 4.75. The molecule has 0 aromatic heterocycles. The van der Waals surface area contributed by atoms with Gasteiger partial charge >= 0.3 is 12.3 Å². The first-order chi connectivity index (χ1) is 11.7. The van der Waals surface area contributed by atoms with Crippen molar-refractivity contribution >= 4 is 6.09 Å². The first-order valence-corrected chi connectivity index (χ1v) is 8.22. The zero-order chi connectivity index (χ0) is 18.8. The van der Waals surface area contributed by atoms with Gasteiger partial charge in [0.15, 0.2) is 0 Å². The van der Waals surface area contributed by atoms with E-state index < -0.39 is 17.8 Å². The van der Waals surface area contributed by atoms with Crippen molar-refractivity contribution < 1.29 is 28.2 Å². The van der Waals surface area contributed by atoms with Crippen LogP contribution >= 0.6 is 0 Å². The normalized spacial score (nSPS) is 23.5. The van der Waals surface area contributed by atoms with Crippen molar-refractivity contribution in [2.45, 2.75) is 44.6 Å². The van der Waals surface area contributed by atoms with Gasteiger partial charge in [-0.2, -0.15) is 13.2 Å². The first-order valence-electron chi connectivity index (χ1n) is 8.22. The highest BCUT2D eigenvalue weighted by molar-refractivity contribution is 5.65. The van der Waals surface area contributed by atoms with E-state index >= 15 is 0 Å². The summed E-state index contributed by atoms with van der Waals surface area (Å²) in [6.07, 6.45) is -4.77. The molecule has 2 rings (SSSR count). The van der Waals surface area contributed by atoms with E-state index in [2.05, 4.69) is 0 Å². The molecule has 1 saturated heterocycles. The lowest BCUT2D eigenvalue weighted by molar-refractivity contribution is -0.137. The summed E-state index contributed by atoms with van der Waals surface area (Å²) in [6, 6.07) is 4.20. The lowest BCUT2D eigenvalue weighted by atomic mass is 9.96. The summed E-state index contributed by atoms with van der Waals surface area (Å²) < 4.78 is 38.2. The van der Waals surface area contributed by atoms with Crippen LogP contribution in [-0.4, -0.2) is 57.9 Å². The monoisotopic (exact) mass is 360 g/mol. The summed E-state index contributed by atoms with van der Waals surface area (Å²) in [5.41, 5.74) is 0.0267. The second-order valence-electron chi connectivity index (χ2n) is 6.36. The van der Waals surface area contributed by atoms with Crippen molar-refractivity contribution in [3.05, 3.63) is 35.4 Å². The number of piperazine rings is 1. The minimum absolute atomic E-state index is 0.171.